The summed E-state index contributed by atoms with van der Waals surface area (Å²) >= 11 is 0. The van der Waals surface area contributed by atoms with Gasteiger partial charge in [0, 0.05) is 32.6 Å². The van der Waals surface area contributed by atoms with Crippen LogP contribution in [-0.4, -0.2) is 30.7 Å². The molecule has 0 radical (unpaired) electrons. The molecule has 0 spiro atoms. The van der Waals surface area contributed by atoms with E-state index in [9.17, 15) is 4.79 Å². The van der Waals surface area contributed by atoms with Gasteiger partial charge in [0.2, 0.25) is 0 Å². The molecule has 0 bridgehead atoms. The molecule has 0 atom stereocenters. The summed E-state index contributed by atoms with van der Waals surface area (Å²) < 4.78 is 6.64. The second-order valence-corrected chi connectivity index (χ2v) is 3.46. The number of nitrogens with zero attached hydrogens (tertiary/aromatic N) is 2. The largest absolute Gasteiger partial charge is 0.383 e. The number of aryl methyl sites for hydroxylation is 1. The number of nitrogens with one attached hydrogen (secondary N) is 1. The smallest absolute Gasteiger partial charge is 0.262 e. The van der Waals surface area contributed by atoms with Crippen LogP contribution in [0.1, 0.15) is 5.69 Å². The van der Waals surface area contributed by atoms with Crippen LogP contribution in [0.3, 0.4) is 0 Å². The van der Waals surface area contributed by atoms with E-state index in [-0.39, 0.29) is 11.5 Å². The Kier molecular flexibility index (Phi) is 4.98. The van der Waals surface area contributed by atoms with Gasteiger partial charge in [0.1, 0.15) is 11.6 Å². The minimum absolute atomic E-state index is 0.0860. The van der Waals surface area contributed by atoms with Crippen LogP contribution in [0, 0.1) is 11.3 Å². The molecule has 1 aromatic heterocycles. The van der Waals surface area contributed by atoms with Crippen molar-refractivity contribution in [2.75, 3.05) is 20.3 Å². The number of amides is 1. The maximum absolute atomic E-state index is 11.6. The number of carbonyl (C=O) groups excluding carboxylic acids is 1. The number of rotatable bonds is 5. The highest BCUT2D eigenvalue weighted by molar-refractivity contribution is 6.01. The highest BCUT2D eigenvalue weighted by Gasteiger charge is 2.08. The third-order valence-corrected chi connectivity index (χ3v) is 2.23. The molecule has 0 aromatic carbocycles. The fraction of sp³-hybridized carbons (Fsp3) is 0.333. The topological polar surface area (TPSA) is 67.0 Å². The van der Waals surface area contributed by atoms with Crippen molar-refractivity contribution in [1.29, 1.82) is 5.26 Å². The van der Waals surface area contributed by atoms with Gasteiger partial charge in [-0.05, 0) is 18.2 Å². The molecule has 90 valence electrons. The summed E-state index contributed by atoms with van der Waals surface area (Å²) in [5.74, 6) is -0.384. The van der Waals surface area contributed by atoms with Gasteiger partial charge in [0.15, 0.2) is 0 Å². The lowest BCUT2D eigenvalue weighted by Gasteiger charge is -2.03. The maximum Gasteiger partial charge on any atom is 0.262 e. The van der Waals surface area contributed by atoms with Crippen LogP contribution in [0.25, 0.3) is 6.08 Å². The molecular formula is C12H15N3O2. The zero-order valence-corrected chi connectivity index (χ0v) is 9.93. The van der Waals surface area contributed by atoms with E-state index in [1.54, 1.807) is 13.2 Å². The molecule has 1 heterocycles. The predicted molar refractivity (Wildman–Crippen MR) is 63.9 cm³/mol. The van der Waals surface area contributed by atoms with Crippen molar-refractivity contribution in [2.45, 2.75) is 0 Å². The van der Waals surface area contributed by atoms with E-state index in [1.165, 1.54) is 0 Å². The molecule has 1 aromatic rings. The molecule has 0 aliphatic heterocycles. The van der Waals surface area contributed by atoms with E-state index < -0.39 is 0 Å². The molecule has 0 fully saturated rings. The van der Waals surface area contributed by atoms with Gasteiger partial charge >= 0.3 is 0 Å². The van der Waals surface area contributed by atoms with Gasteiger partial charge in [-0.1, -0.05) is 0 Å². The Morgan fingerprint density at radius 1 is 1.71 bits per heavy atom. The Labute approximate surface area is 100 Å². The van der Waals surface area contributed by atoms with Crippen molar-refractivity contribution in [3.63, 3.8) is 0 Å². The number of hydrogen-bond acceptors (Lipinski definition) is 3. The van der Waals surface area contributed by atoms with Crippen molar-refractivity contribution in [3.8, 4) is 6.07 Å². The average molecular weight is 233 g/mol. The lowest BCUT2D eigenvalue weighted by Crippen LogP contribution is -2.27. The summed E-state index contributed by atoms with van der Waals surface area (Å²) in [6.45, 7) is 0.816. The second-order valence-electron chi connectivity index (χ2n) is 3.46. The molecule has 0 aliphatic carbocycles. The van der Waals surface area contributed by atoms with Gasteiger partial charge in [-0.2, -0.15) is 5.26 Å². The molecule has 0 saturated carbocycles. The summed E-state index contributed by atoms with van der Waals surface area (Å²) in [7, 11) is 3.40. The lowest BCUT2D eigenvalue weighted by atomic mass is 10.2. The molecule has 0 saturated heterocycles. The van der Waals surface area contributed by atoms with Gasteiger partial charge in [0.05, 0.1) is 6.61 Å². The van der Waals surface area contributed by atoms with E-state index >= 15 is 0 Å². The van der Waals surface area contributed by atoms with E-state index in [4.69, 9.17) is 10.00 Å². The summed E-state index contributed by atoms with van der Waals surface area (Å²) in [5.41, 5.74) is 0.895. The first-order valence-corrected chi connectivity index (χ1v) is 5.19. The minimum atomic E-state index is -0.384. The highest BCUT2D eigenvalue weighted by atomic mass is 16.5. The zero-order chi connectivity index (χ0) is 12.7. The average Bonchev–Trinajstić information content (AvgIpc) is 2.72. The van der Waals surface area contributed by atoms with Crippen LogP contribution in [0.2, 0.25) is 0 Å². The van der Waals surface area contributed by atoms with Crippen molar-refractivity contribution in [3.05, 3.63) is 29.6 Å². The normalized spacial score (nSPS) is 11.0. The fourth-order valence-corrected chi connectivity index (χ4v) is 1.28. The monoisotopic (exact) mass is 233 g/mol. The van der Waals surface area contributed by atoms with Crippen LogP contribution >= 0.6 is 0 Å². The number of nitriles is 1. The SMILES string of the molecule is COCCNC(=O)/C(C#N)=C/c1cccn1C. The van der Waals surface area contributed by atoms with Gasteiger partial charge in [0.25, 0.3) is 5.91 Å². The van der Waals surface area contributed by atoms with Crippen molar-refractivity contribution >= 4 is 12.0 Å². The molecule has 5 nitrogen and oxygen atoms in total. The molecule has 1 amide bonds. The third-order valence-electron chi connectivity index (χ3n) is 2.23. The van der Waals surface area contributed by atoms with E-state index in [1.807, 2.05) is 36.0 Å². The van der Waals surface area contributed by atoms with E-state index in [0.717, 1.165) is 5.69 Å². The van der Waals surface area contributed by atoms with Gasteiger partial charge in [-0.25, -0.2) is 0 Å². The number of carbonyl (C=O) groups is 1. The van der Waals surface area contributed by atoms with Gasteiger partial charge < -0.3 is 14.6 Å². The van der Waals surface area contributed by atoms with Gasteiger partial charge in [-0.3, -0.25) is 4.79 Å². The number of hydrogen-bond donors (Lipinski definition) is 1. The fourth-order valence-electron chi connectivity index (χ4n) is 1.28. The maximum atomic E-state index is 11.6. The Hall–Kier alpha value is -2.06. The first-order valence-electron chi connectivity index (χ1n) is 5.19. The molecule has 17 heavy (non-hydrogen) atoms. The standard InChI is InChI=1S/C12H15N3O2/c1-15-6-3-4-11(15)8-10(9-13)12(16)14-5-7-17-2/h3-4,6,8H,5,7H2,1-2H3,(H,14,16)/b10-8+. The van der Waals surface area contributed by atoms with Crippen molar-refractivity contribution in [2.24, 2.45) is 7.05 Å². The Bertz CT molecular complexity index is 455. The molecule has 5 heteroatoms. The molecule has 0 aliphatic rings. The molecule has 1 N–H and O–H groups in total. The quantitative estimate of drug-likeness (QED) is 0.462. The third kappa shape index (κ3) is 3.78. The van der Waals surface area contributed by atoms with Crippen LogP contribution < -0.4 is 5.32 Å². The Morgan fingerprint density at radius 3 is 3.00 bits per heavy atom. The van der Waals surface area contributed by atoms with Crippen LogP contribution in [0.4, 0.5) is 0 Å². The first-order chi connectivity index (χ1) is 8.19. The minimum Gasteiger partial charge on any atom is -0.383 e. The first kappa shape index (κ1) is 13.0. The number of methoxy groups -OCH3 is 1. The summed E-state index contributed by atoms with van der Waals surface area (Å²) in [5, 5.41) is 11.5. The summed E-state index contributed by atoms with van der Waals surface area (Å²) in [6, 6.07) is 5.57. The predicted octanol–water partition coefficient (Wildman–Crippen LogP) is 0.695. The van der Waals surface area contributed by atoms with Crippen LogP contribution in [0.5, 0.6) is 0 Å². The van der Waals surface area contributed by atoms with E-state index in [2.05, 4.69) is 5.32 Å². The number of ether oxygens (including phenoxy) is 1. The Balaban J connectivity index is 2.72. The van der Waals surface area contributed by atoms with E-state index in [0.29, 0.717) is 13.2 Å². The molecule has 0 unspecified atom stereocenters. The summed E-state index contributed by atoms with van der Waals surface area (Å²) in [6.07, 6.45) is 3.41. The van der Waals surface area contributed by atoms with Gasteiger partial charge in [-0.15, -0.1) is 0 Å². The zero-order valence-electron chi connectivity index (χ0n) is 9.93. The Morgan fingerprint density at radius 2 is 2.47 bits per heavy atom. The second kappa shape index (κ2) is 6.51. The highest BCUT2D eigenvalue weighted by Crippen LogP contribution is 2.06. The van der Waals surface area contributed by atoms with Crippen molar-refractivity contribution in [1.82, 2.24) is 9.88 Å². The lowest BCUT2D eigenvalue weighted by molar-refractivity contribution is -0.117. The molecule has 1 rings (SSSR count). The van der Waals surface area contributed by atoms with Crippen LogP contribution in [-0.2, 0) is 16.6 Å². The molecular weight excluding hydrogens is 218 g/mol. The van der Waals surface area contributed by atoms with Crippen molar-refractivity contribution < 1.29 is 9.53 Å². The number of aromatic nitrogens is 1. The summed E-state index contributed by atoms with van der Waals surface area (Å²) in [4.78, 5) is 11.6. The van der Waals surface area contributed by atoms with Crippen LogP contribution in [0.15, 0.2) is 23.9 Å².